The van der Waals surface area contributed by atoms with Gasteiger partial charge >= 0.3 is 0 Å². The molecule has 45 heavy (non-hydrogen) atoms. The SMILES string of the molecule is Cc1cc(C(=O)Nc2cccc3c2O[C@H](CN(C)Cc2ccc(Oc4ccccc4)cc2)[C@H](C)CN([C@@H](C)CO)C3=O)n(C)n1. The predicted octanol–water partition coefficient (Wildman–Crippen LogP) is 5.13. The van der Waals surface area contributed by atoms with Crippen LogP contribution in [-0.4, -0.2) is 75.4 Å². The first-order valence-corrected chi connectivity index (χ1v) is 15.2. The van der Waals surface area contributed by atoms with Crippen LogP contribution in [0, 0.1) is 12.8 Å². The third-order valence-electron chi connectivity index (χ3n) is 8.02. The van der Waals surface area contributed by atoms with Crippen LogP contribution in [0.5, 0.6) is 17.2 Å². The van der Waals surface area contributed by atoms with Crippen molar-refractivity contribution in [1.82, 2.24) is 19.6 Å². The first kappa shape index (κ1) is 31.7. The molecular weight excluding hydrogens is 570 g/mol. The lowest BCUT2D eigenvalue weighted by Crippen LogP contribution is -2.49. The number of hydrogen-bond donors (Lipinski definition) is 2. The Bertz CT molecular complexity index is 1620. The number of nitrogens with one attached hydrogen (secondary N) is 1. The summed E-state index contributed by atoms with van der Waals surface area (Å²) in [6.07, 6.45) is -0.326. The van der Waals surface area contributed by atoms with Gasteiger partial charge in [0.05, 0.1) is 29.6 Å². The molecule has 0 bridgehead atoms. The number of aryl methyl sites for hydroxylation is 2. The zero-order valence-electron chi connectivity index (χ0n) is 26.4. The van der Waals surface area contributed by atoms with E-state index in [4.69, 9.17) is 9.47 Å². The van der Waals surface area contributed by atoms with Crippen molar-refractivity contribution >= 4 is 17.5 Å². The molecule has 5 rings (SSSR count). The van der Waals surface area contributed by atoms with Gasteiger partial charge in [-0.1, -0.05) is 43.3 Å². The van der Waals surface area contributed by atoms with Crippen LogP contribution in [0.1, 0.15) is 46.0 Å². The number of rotatable bonds is 10. The number of hydrogen-bond acceptors (Lipinski definition) is 7. The topological polar surface area (TPSA) is 109 Å². The molecule has 1 aliphatic rings. The van der Waals surface area contributed by atoms with Crippen molar-refractivity contribution in [3.8, 4) is 17.2 Å². The highest BCUT2D eigenvalue weighted by molar-refractivity contribution is 6.06. The molecule has 0 unspecified atom stereocenters. The highest BCUT2D eigenvalue weighted by Crippen LogP contribution is 2.35. The Labute approximate surface area is 264 Å². The molecule has 10 nitrogen and oxygen atoms in total. The van der Waals surface area contributed by atoms with Gasteiger partial charge in [0.2, 0.25) is 0 Å². The molecule has 0 saturated carbocycles. The molecule has 2 amide bonds. The van der Waals surface area contributed by atoms with E-state index in [0.29, 0.717) is 42.3 Å². The number of carbonyl (C=O) groups is 2. The Morgan fingerprint density at radius 3 is 2.49 bits per heavy atom. The van der Waals surface area contributed by atoms with Gasteiger partial charge in [0.25, 0.3) is 11.8 Å². The average molecular weight is 612 g/mol. The minimum absolute atomic E-state index is 0.0799. The number of aliphatic hydroxyl groups is 1. The molecule has 0 aliphatic carbocycles. The number of benzene rings is 3. The van der Waals surface area contributed by atoms with Crippen molar-refractivity contribution in [1.29, 1.82) is 0 Å². The normalized spacial score (nSPS) is 17.2. The van der Waals surface area contributed by atoms with Crippen molar-refractivity contribution in [2.75, 3.05) is 32.1 Å². The van der Waals surface area contributed by atoms with Gasteiger partial charge < -0.3 is 24.8 Å². The first-order chi connectivity index (χ1) is 21.6. The molecule has 3 atom stereocenters. The Morgan fingerprint density at radius 1 is 1.11 bits per heavy atom. The summed E-state index contributed by atoms with van der Waals surface area (Å²) in [4.78, 5) is 30.9. The quantitative estimate of drug-likeness (QED) is 0.256. The Morgan fingerprint density at radius 2 is 1.82 bits per heavy atom. The first-order valence-electron chi connectivity index (χ1n) is 15.2. The fourth-order valence-corrected chi connectivity index (χ4v) is 5.54. The van der Waals surface area contributed by atoms with Crippen LogP contribution in [0.3, 0.4) is 0 Å². The van der Waals surface area contributed by atoms with Crippen molar-refractivity contribution in [2.45, 2.75) is 39.5 Å². The van der Waals surface area contributed by atoms with E-state index in [1.165, 1.54) is 4.68 Å². The lowest BCUT2D eigenvalue weighted by atomic mass is 9.98. The predicted molar refractivity (Wildman–Crippen MR) is 173 cm³/mol. The van der Waals surface area contributed by atoms with Crippen LogP contribution in [0.4, 0.5) is 5.69 Å². The molecule has 2 heterocycles. The second-order valence-corrected chi connectivity index (χ2v) is 11.8. The monoisotopic (exact) mass is 611 g/mol. The minimum Gasteiger partial charge on any atom is -0.486 e. The maximum Gasteiger partial charge on any atom is 0.274 e. The number of amides is 2. The zero-order valence-corrected chi connectivity index (χ0v) is 26.4. The molecule has 3 aromatic carbocycles. The smallest absolute Gasteiger partial charge is 0.274 e. The molecule has 236 valence electrons. The van der Waals surface area contributed by atoms with E-state index in [0.717, 1.165) is 22.8 Å². The number of aliphatic hydroxyl groups excluding tert-OH is 1. The molecule has 10 heteroatoms. The van der Waals surface area contributed by atoms with Crippen molar-refractivity contribution in [3.05, 3.63) is 101 Å². The molecule has 1 aliphatic heterocycles. The third-order valence-corrected chi connectivity index (χ3v) is 8.02. The lowest BCUT2D eigenvalue weighted by molar-refractivity contribution is 0.0343. The van der Waals surface area contributed by atoms with E-state index < -0.39 is 6.04 Å². The second kappa shape index (κ2) is 14.0. The van der Waals surface area contributed by atoms with Gasteiger partial charge in [0, 0.05) is 32.6 Å². The van der Waals surface area contributed by atoms with E-state index in [1.54, 1.807) is 36.2 Å². The zero-order chi connectivity index (χ0) is 32.1. The van der Waals surface area contributed by atoms with Gasteiger partial charge in [-0.2, -0.15) is 5.10 Å². The highest BCUT2D eigenvalue weighted by atomic mass is 16.5. The summed E-state index contributed by atoms with van der Waals surface area (Å²) >= 11 is 0. The van der Waals surface area contributed by atoms with E-state index in [1.807, 2.05) is 82.4 Å². The number of nitrogens with zero attached hydrogens (tertiary/aromatic N) is 4. The second-order valence-electron chi connectivity index (χ2n) is 11.8. The van der Waals surface area contributed by atoms with Crippen molar-refractivity contribution in [3.63, 3.8) is 0 Å². The summed E-state index contributed by atoms with van der Waals surface area (Å²) < 4.78 is 14.1. The summed E-state index contributed by atoms with van der Waals surface area (Å²) in [5.74, 6) is 1.18. The summed E-state index contributed by atoms with van der Waals surface area (Å²) in [7, 11) is 3.74. The van der Waals surface area contributed by atoms with E-state index in [9.17, 15) is 14.7 Å². The number of anilines is 1. The molecule has 0 fully saturated rings. The van der Waals surface area contributed by atoms with Crippen LogP contribution in [0.15, 0.2) is 78.9 Å². The number of para-hydroxylation sites is 2. The van der Waals surface area contributed by atoms with Crippen LogP contribution in [0.25, 0.3) is 0 Å². The summed E-state index contributed by atoms with van der Waals surface area (Å²) in [6.45, 7) is 7.16. The molecule has 1 aromatic heterocycles. The van der Waals surface area contributed by atoms with E-state index in [2.05, 4.69) is 15.3 Å². The molecule has 4 aromatic rings. The van der Waals surface area contributed by atoms with Gasteiger partial charge in [0.15, 0.2) is 5.75 Å². The number of aromatic nitrogens is 2. The van der Waals surface area contributed by atoms with E-state index in [-0.39, 0.29) is 30.4 Å². The number of carbonyl (C=O) groups excluding carboxylic acids is 2. The average Bonchev–Trinajstić information content (AvgIpc) is 3.37. The van der Waals surface area contributed by atoms with Crippen molar-refractivity contribution < 1.29 is 24.2 Å². The standard InChI is InChI=1S/C35H41N5O5/c1-23-19-40(25(3)22-41)35(43)29-12-9-13-30(36-34(42)31-18-24(2)37-39(31)5)33(29)45-32(23)21-38(4)20-26-14-16-28(17-15-26)44-27-10-7-6-8-11-27/h6-18,23,25,32,41H,19-22H2,1-5H3,(H,36,42)/t23-,25+,32-/m1/s1. The van der Waals surface area contributed by atoms with Gasteiger partial charge in [-0.05, 0) is 68.9 Å². The van der Waals surface area contributed by atoms with Gasteiger partial charge in [-0.15, -0.1) is 0 Å². The van der Waals surface area contributed by atoms with Crippen LogP contribution in [-0.2, 0) is 13.6 Å². The van der Waals surface area contributed by atoms with Crippen LogP contribution < -0.4 is 14.8 Å². The van der Waals surface area contributed by atoms with Crippen LogP contribution in [0.2, 0.25) is 0 Å². The third kappa shape index (κ3) is 7.53. The lowest BCUT2D eigenvalue weighted by Gasteiger charge is -2.38. The number of fused-ring (bicyclic) bond motifs is 1. The summed E-state index contributed by atoms with van der Waals surface area (Å²) in [5, 5.41) is 17.2. The summed E-state index contributed by atoms with van der Waals surface area (Å²) in [6, 6.07) is 24.2. The Balaban J connectivity index is 1.37. The van der Waals surface area contributed by atoms with Crippen LogP contribution >= 0.6 is 0 Å². The Kier molecular flexibility index (Phi) is 9.85. The molecular formula is C35H41N5O5. The largest absolute Gasteiger partial charge is 0.486 e. The number of ether oxygens (including phenoxy) is 2. The Hall–Kier alpha value is -4.67. The fourth-order valence-electron chi connectivity index (χ4n) is 5.54. The molecule has 0 saturated heterocycles. The molecule has 2 N–H and O–H groups in total. The maximum absolute atomic E-state index is 13.8. The highest BCUT2D eigenvalue weighted by Gasteiger charge is 2.34. The fraction of sp³-hybridized carbons (Fsp3) is 0.343. The molecule has 0 spiro atoms. The molecule has 0 radical (unpaired) electrons. The minimum atomic E-state index is -0.392. The van der Waals surface area contributed by atoms with Crippen molar-refractivity contribution in [2.24, 2.45) is 13.0 Å². The maximum atomic E-state index is 13.8. The van der Waals surface area contributed by atoms with Gasteiger partial charge in [-0.3, -0.25) is 19.2 Å². The number of likely N-dealkylation sites (N-methyl/N-ethyl adjacent to an activating group) is 1. The van der Waals surface area contributed by atoms with Gasteiger partial charge in [-0.25, -0.2) is 0 Å². The van der Waals surface area contributed by atoms with Gasteiger partial charge in [0.1, 0.15) is 23.3 Å². The van der Waals surface area contributed by atoms with E-state index >= 15 is 0 Å². The summed E-state index contributed by atoms with van der Waals surface area (Å²) in [5.41, 5.74) is 2.96.